The number of benzene rings is 5. The van der Waals surface area contributed by atoms with Crippen molar-refractivity contribution in [3.05, 3.63) is 131 Å². The normalized spacial score (nSPS) is 10.7. The smallest absolute Gasteiger partial charge is 0.277 e. The van der Waals surface area contributed by atoms with E-state index in [1.165, 1.54) is 5.56 Å². The second-order valence-corrected chi connectivity index (χ2v) is 8.24. The Labute approximate surface area is 210 Å². The molecule has 0 aliphatic carbocycles. The topological polar surface area (TPSA) is 48.1 Å². The van der Waals surface area contributed by atoms with Crippen LogP contribution >= 0.6 is 0 Å². The van der Waals surface area contributed by atoms with E-state index in [-0.39, 0.29) is 10.6 Å². The van der Waals surface area contributed by atoms with Gasteiger partial charge < -0.3 is 4.57 Å². The highest BCUT2D eigenvalue weighted by Crippen LogP contribution is 2.41. The Balaban J connectivity index is 0.00000130. The van der Waals surface area contributed by atoms with Crippen molar-refractivity contribution in [3.8, 4) is 27.9 Å². The Hall–Kier alpha value is -4.70. The Morgan fingerprint density at radius 3 is 1.92 bits per heavy atom. The Morgan fingerprint density at radius 2 is 1.17 bits per heavy atom. The third-order valence-electron chi connectivity index (χ3n) is 6.32. The average molecular weight is 471 g/mol. The molecule has 0 fully saturated rings. The van der Waals surface area contributed by atoms with E-state index in [1.807, 2.05) is 68.4 Å². The van der Waals surface area contributed by atoms with Gasteiger partial charge in [0.1, 0.15) is 0 Å². The first-order valence-electron chi connectivity index (χ1n) is 12.1. The van der Waals surface area contributed by atoms with E-state index in [1.54, 1.807) is 12.1 Å². The maximum atomic E-state index is 11.8. The standard InChI is InChI=1S/C30H20N2O2.C2H6/c33-32(34)28-15-7-4-11-24(28)25-13-8-16-29-30(25)26-12-5-6-14-27(26)31(29)23-19-17-22(18-20-23)21-9-2-1-3-10-21;1-2/h1-20H;1-2H3. The van der Waals surface area contributed by atoms with Crippen molar-refractivity contribution in [1.82, 2.24) is 4.57 Å². The van der Waals surface area contributed by atoms with Crippen molar-refractivity contribution in [3.63, 3.8) is 0 Å². The van der Waals surface area contributed by atoms with Crippen molar-refractivity contribution in [2.75, 3.05) is 0 Å². The summed E-state index contributed by atoms with van der Waals surface area (Å²) in [5.41, 5.74) is 7.06. The molecule has 36 heavy (non-hydrogen) atoms. The van der Waals surface area contributed by atoms with Crippen LogP contribution in [0, 0.1) is 10.1 Å². The average Bonchev–Trinajstić information content (AvgIpc) is 3.29. The van der Waals surface area contributed by atoms with Crippen molar-refractivity contribution >= 4 is 27.5 Å². The van der Waals surface area contributed by atoms with Crippen molar-refractivity contribution < 1.29 is 4.92 Å². The highest BCUT2D eigenvalue weighted by molar-refractivity contribution is 6.16. The van der Waals surface area contributed by atoms with Crippen molar-refractivity contribution in [2.45, 2.75) is 13.8 Å². The van der Waals surface area contributed by atoms with Crippen LogP contribution in [0.15, 0.2) is 121 Å². The van der Waals surface area contributed by atoms with Gasteiger partial charge in [-0.2, -0.15) is 0 Å². The first kappa shape index (κ1) is 23.1. The SMILES string of the molecule is CC.O=[N+]([O-])c1ccccc1-c1cccc2c1c1ccccc1n2-c1ccc(-c2ccccc2)cc1. The van der Waals surface area contributed by atoms with E-state index >= 15 is 0 Å². The summed E-state index contributed by atoms with van der Waals surface area (Å²) >= 11 is 0. The predicted octanol–water partition coefficient (Wildman–Crippen LogP) is 9.05. The minimum atomic E-state index is -0.310. The summed E-state index contributed by atoms with van der Waals surface area (Å²) in [7, 11) is 0. The number of para-hydroxylation sites is 2. The lowest BCUT2D eigenvalue weighted by molar-refractivity contribution is -0.384. The third kappa shape index (κ3) is 3.93. The summed E-state index contributed by atoms with van der Waals surface area (Å²) < 4.78 is 2.23. The number of rotatable bonds is 4. The van der Waals surface area contributed by atoms with Crippen LogP contribution in [-0.4, -0.2) is 9.49 Å². The van der Waals surface area contributed by atoms with E-state index in [0.29, 0.717) is 5.56 Å². The van der Waals surface area contributed by atoms with Crippen LogP contribution in [0.3, 0.4) is 0 Å². The van der Waals surface area contributed by atoms with Gasteiger partial charge in [0.05, 0.1) is 21.5 Å². The molecule has 0 atom stereocenters. The maximum Gasteiger partial charge on any atom is 0.277 e. The van der Waals surface area contributed by atoms with Gasteiger partial charge >= 0.3 is 0 Å². The highest BCUT2D eigenvalue weighted by Gasteiger charge is 2.20. The number of hydrogen-bond donors (Lipinski definition) is 0. The van der Waals surface area contributed by atoms with Gasteiger partial charge in [-0.1, -0.05) is 98.8 Å². The first-order valence-corrected chi connectivity index (χ1v) is 12.1. The maximum absolute atomic E-state index is 11.8. The molecule has 0 aliphatic heterocycles. The number of nitro groups is 1. The lowest BCUT2D eigenvalue weighted by atomic mass is 9.98. The molecule has 0 aliphatic rings. The second-order valence-electron chi connectivity index (χ2n) is 8.24. The minimum absolute atomic E-state index is 0.110. The number of aromatic nitrogens is 1. The molecule has 4 nitrogen and oxygen atoms in total. The van der Waals surface area contributed by atoms with Gasteiger partial charge in [-0.05, 0) is 47.0 Å². The monoisotopic (exact) mass is 470 g/mol. The summed E-state index contributed by atoms with van der Waals surface area (Å²) in [6, 6.07) is 40.1. The van der Waals surface area contributed by atoms with E-state index < -0.39 is 0 Å². The largest absolute Gasteiger partial charge is 0.309 e. The molecular formula is C32H26N2O2. The quantitative estimate of drug-likeness (QED) is 0.191. The molecular weight excluding hydrogens is 444 g/mol. The minimum Gasteiger partial charge on any atom is -0.309 e. The fraction of sp³-hybridized carbons (Fsp3) is 0.0625. The zero-order chi connectivity index (χ0) is 25.1. The second kappa shape index (κ2) is 9.88. The lowest BCUT2D eigenvalue weighted by Gasteiger charge is -2.10. The van der Waals surface area contributed by atoms with Crippen LogP contribution in [0.5, 0.6) is 0 Å². The van der Waals surface area contributed by atoms with Gasteiger partial charge in [-0.3, -0.25) is 10.1 Å². The third-order valence-corrected chi connectivity index (χ3v) is 6.32. The molecule has 1 heterocycles. The van der Waals surface area contributed by atoms with Gasteiger partial charge in [-0.15, -0.1) is 0 Å². The molecule has 0 N–H and O–H groups in total. The molecule has 0 saturated carbocycles. The highest BCUT2D eigenvalue weighted by atomic mass is 16.6. The first-order chi connectivity index (χ1) is 17.7. The molecule has 0 bridgehead atoms. The zero-order valence-electron chi connectivity index (χ0n) is 20.3. The van der Waals surface area contributed by atoms with Gasteiger partial charge in [-0.25, -0.2) is 0 Å². The molecule has 0 radical (unpaired) electrons. The molecule has 6 aromatic rings. The van der Waals surface area contributed by atoms with Gasteiger partial charge in [0.2, 0.25) is 0 Å². The summed E-state index contributed by atoms with van der Waals surface area (Å²) in [5, 5.41) is 13.9. The molecule has 0 saturated heterocycles. The van der Waals surface area contributed by atoms with E-state index in [2.05, 4.69) is 59.2 Å². The van der Waals surface area contributed by atoms with Crippen LogP contribution < -0.4 is 0 Å². The number of hydrogen-bond acceptors (Lipinski definition) is 2. The van der Waals surface area contributed by atoms with Crippen LogP contribution in [0.1, 0.15) is 13.8 Å². The molecule has 0 unspecified atom stereocenters. The Morgan fingerprint density at radius 1 is 0.583 bits per heavy atom. The van der Waals surface area contributed by atoms with Crippen LogP contribution in [0.4, 0.5) is 5.69 Å². The van der Waals surface area contributed by atoms with E-state index in [9.17, 15) is 10.1 Å². The Bertz CT molecular complexity index is 1670. The summed E-state index contributed by atoms with van der Waals surface area (Å²) in [5.74, 6) is 0. The molecule has 176 valence electrons. The zero-order valence-corrected chi connectivity index (χ0v) is 20.3. The molecule has 5 aromatic carbocycles. The van der Waals surface area contributed by atoms with Crippen LogP contribution in [-0.2, 0) is 0 Å². The number of fused-ring (bicyclic) bond motifs is 3. The molecule has 0 amide bonds. The Kier molecular flexibility index (Phi) is 6.33. The fourth-order valence-electron chi connectivity index (χ4n) is 4.82. The van der Waals surface area contributed by atoms with Gasteiger partial charge in [0, 0.05) is 22.5 Å². The molecule has 6 rings (SSSR count). The fourth-order valence-corrected chi connectivity index (χ4v) is 4.82. The lowest BCUT2D eigenvalue weighted by Crippen LogP contribution is -1.94. The number of nitrogens with zero attached hydrogens (tertiary/aromatic N) is 2. The van der Waals surface area contributed by atoms with Crippen LogP contribution in [0.2, 0.25) is 0 Å². The van der Waals surface area contributed by atoms with Crippen LogP contribution in [0.25, 0.3) is 49.7 Å². The van der Waals surface area contributed by atoms with Crippen molar-refractivity contribution in [1.29, 1.82) is 0 Å². The predicted molar refractivity (Wildman–Crippen MR) is 150 cm³/mol. The van der Waals surface area contributed by atoms with Crippen molar-refractivity contribution in [2.24, 2.45) is 0 Å². The summed E-state index contributed by atoms with van der Waals surface area (Å²) in [6.07, 6.45) is 0. The molecule has 0 spiro atoms. The summed E-state index contributed by atoms with van der Waals surface area (Å²) in [6.45, 7) is 4.00. The van der Waals surface area contributed by atoms with Gasteiger partial charge in [0.15, 0.2) is 0 Å². The number of nitro benzene ring substituents is 1. The molecule has 1 aromatic heterocycles. The van der Waals surface area contributed by atoms with Gasteiger partial charge in [0.25, 0.3) is 5.69 Å². The summed E-state index contributed by atoms with van der Waals surface area (Å²) in [4.78, 5) is 11.5. The van der Waals surface area contributed by atoms with E-state index in [0.717, 1.165) is 38.6 Å². The molecule has 4 heteroatoms. The van der Waals surface area contributed by atoms with E-state index in [4.69, 9.17) is 0 Å².